The molecule has 3 heterocycles. The van der Waals surface area contributed by atoms with E-state index in [1.54, 1.807) is 24.3 Å². The summed E-state index contributed by atoms with van der Waals surface area (Å²) in [6.45, 7) is 1.60. The Morgan fingerprint density at radius 1 is 1.15 bits per heavy atom. The molecule has 2 aliphatic heterocycles. The average Bonchev–Trinajstić information content (AvgIpc) is 3.31. The summed E-state index contributed by atoms with van der Waals surface area (Å²) in [6, 6.07) is 5.97. The van der Waals surface area contributed by atoms with Crippen molar-refractivity contribution in [1.29, 1.82) is 0 Å². The maximum atomic E-state index is 12.8. The van der Waals surface area contributed by atoms with Crippen molar-refractivity contribution in [2.75, 3.05) is 25.1 Å². The van der Waals surface area contributed by atoms with Crippen LogP contribution < -0.4 is 14.8 Å². The molecule has 1 atom stereocenters. The first-order valence-corrected chi connectivity index (χ1v) is 9.26. The number of rotatable bonds is 3. The Bertz CT molecular complexity index is 852. The lowest BCUT2D eigenvalue weighted by Crippen LogP contribution is -2.43. The van der Waals surface area contributed by atoms with Gasteiger partial charge in [0.25, 0.3) is 5.91 Å². The molecule has 1 N–H and O–H groups in total. The Morgan fingerprint density at radius 2 is 1.93 bits per heavy atom. The van der Waals surface area contributed by atoms with Gasteiger partial charge in [-0.15, -0.1) is 0 Å². The molecule has 0 radical (unpaired) electrons. The molecule has 0 spiro atoms. The molecule has 2 aliphatic rings. The van der Waals surface area contributed by atoms with Crippen LogP contribution in [-0.2, 0) is 4.79 Å². The fraction of sp³-hybridized carbons (Fsp3) is 0.368. The van der Waals surface area contributed by atoms with Gasteiger partial charge in [0, 0.05) is 25.1 Å². The zero-order chi connectivity index (χ0) is 18.8. The summed E-state index contributed by atoms with van der Waals surface area (Å²) in [5.41, 5.74) is 0.434. The zero-order valence-electron chi connectivity index (χ0n) is 14.6. The normalized spacial score (nSPS) is 18.9. The second-order valence-electron chi connectivity index (χ2n) is 6.45. The third kappa shape index (κ3) is 3.60. The molecule has 1 aromatic heterocycles. The zero-order valence-corrected chi connectivity index (χ0v) is 15.3. The molecule has 2 amide bonds. The maximum absolute atomic E-state index is 12.8. The van der Waals surface area contributed by atoms with E-state index in [0.29, 0.717) is 48.4 Å². The quantitative estimate of drug-likeness (QED) is 0.869. The van der Waals surface area contributed by atoms with Gasteiger partial charge >= 0.3 is 0 Å². The summed E-state index contributed by atoms with van der Waals surface area (Å²) in [6.07, 6.45) is 3.55. The van der Waals surface area contributed by atoms with E-state index < -0.39 is 6.04 Å². The highest BCUT2D eigenvalue weighted by Crippen LogP contribution is 2.38. The third-order valence-corrected chi connectivity index (χ3v) is 4.96. The molecule has 7 nitrogen and oxygen atoms in total. The topological polar surface area (TPSA) is 81.0 Å². The highest BCUT2D eigenvalue weighted by molar-refractivity contribution is 6.34. The van der Waals surface area contributed by atoms with Gasteiger partial charge in [0.2, 0.25) is 5.91 Å². The molecule has 1 aromatic carbocycles. The Kier molecular flexibility index (Phi) is 4.94. The highest BCUT2D eigenvalue weighted by atomic mass is 35.5. The van der Waals surface area contributed by atoms with Crippen LogP contribution in [0.1, 0.15) is 29.8 Å². The van der Waals surface area contributed by atoms with Gasteiger partial charge in [-0.2, -0.15) is 0 Å². The summed E-state index contributed by atoms with van der Waals surface area (Å²) in [5.74, 6) is 0.752. The van der Waals surface area contributed by atoms with Gasteiger partial charge in [0.1, 0.15) is 6.04 Å². The Labute approximate surface area is 161 Å². The molecule has 0 saturated carbocycles. The van der Waals surface area contributed by atoms with Crippen LogP contribution in [0.3, 0.4) is 0 Å². The second-order valence-corrected chi connectivity index (χ2v) is 6.86. The second kappa shape index (κ2) is 7.52. The lowest BCUT2D eigenvalue weighted by molar-refractivity contribution is -0.119. The van der Waals surface area contributed by atoms with Crippen LogP contribution >= 0.6 is 11.6 Å². The summed E-state index contributed by atoms with van der Waals surface area (Å²) in [4.78, 5) is 26.9. The van der Waals surface area contributed by atoms with Crippen molar-refractivity contribution in [3.63, 3.8) is 0 Å². The summed E-state index contributed by atoms with van der Waals surface area (Å²) in [5, 5.41) is 3.18. The van der Waals surface area contributed by atoms with E-state index in [9.17, 15) is 9.59 Å². The van der Waals surface area contributed by atoms with Crippen LogP contribution in [0.15, 0.2) is 34.9 Å². The molecule has 0 aliphatic carbocycles. The van der Waals surface area contributed by atoms with E-state index >= 15 is 0 Å². The summed E-state index contributed by atoms with van der Waals surface area (Å²) in [7, 11) is 0. The van der Waals surface area contributed by atoms with Crippen LogP contribution in [0.5, 0.6) is 11.5 Å². The number of likely N-dealkylation sites (tertiary alicyclic amines) is 1. The molecule has 1 fully saturated rings. The monoisotopic (exact) mass is 390 g/mol. The fourth-order valence-corrected chi connectivity index (χ4v) is 3.52. The lowest BCUT2D eigenvalue weighted by Gasteiger charge is -2.23. The number of benzene rings is 1. The standard InChI is InChI=1S/C19H19ClN2O5/c20-12-10-16-17(27-9-3-8-26-16)11-13(12)21-18(23)14-4-1-6-22(14)19(24)15-5-2-7-25-15/h2,5,7,10-11,14H,1,3-4,6,8-9H2,(H,21,23). The number of ether oxygens (including phenoxy) is 2. The van der Waals surface area contributed by atoms with Crippen molar-refractivity contribution in [2.45, 2.75) is 25.3 Å². The van der Waals surface area contributed by atoms with Crippen molar-refractivity contribution in [3.8, 4) is 11.5 Å². The number of furan rings is 1. The number of nitrogens with one attached hydrogen (secondary N) is 1. The van der Waals surface area contributed by atoms with Crippen molar-refractivity contribution >= 4 is 29.1 Å². The molecule has 1 saturated heterocycles. The van der Waals surface area contributed by atoms with Crippen LogP contribution in [0, 0.1) is 0 Å². The Balaban J connectivity index is 1.51. The minimum atomic E-state index is -0.574. The predicted molar refractivity (Wildman–Crippen MR) is 98.5 cm³/mol. The van der Waals surface area contributed by atoms with Crippen LogP contribution in [0.2, 0.25) is 5.02 Å². The minimum absolute atomic E-state index is 0.225. The smallest absolute Gasteiger partial charge is 0.290 e. The van der Waals surface area contributed by atoms with E-state index in [0.717, 1.165) is 12.8 Å². The first-order chi connectivity index (χ1) is 13.1. The number of carbonyl (C=O) groups is 2. The molecule has 4 rings (SSSR count). The maximum Gasteiger partial charge on any atom is 0.290 e. The summed E-state index contributed by atoms with van der Waals surface area (Å²) < 4.78 is 16.4. The minimum Gasteiger partial charge on any atom is -0.490 e. The van der Waals surface area contributed by atoms with Crippen molar-refractivity contribution in [2.24, 2.45) is 0 Å². The van der Waals surface area contributed by atoms with Gasteiger partial charge in [0.05, 0.1) is 30.2 Å². The van der Waals surface area contributed by atoms with Crippen LogP contribution in [0.25, 0.3) is 0 Å². The Hall–Kier alpha value is -2.67. The number of nitrogens with zero attached hydrogens (tertiary/aromatic N) is 1. The number of hydrogen-bond donors (Lipinski definition) is 1. The highest BCUT2D eigenvalue weighted by Gasteiger charge is 2.35. The van der Waals surface area contributed by atoms with Crippen molar-refractivity contribution in [3.05, 3.63) is 41.3 Å². The summed E-state index contributed by atoms with van der Waals surface area (Å²) >= 11 is 6.30. The number of carbonyl (C=O) groups excluding carboxylic acids is 2. The molecule has 0 bridgehead atoms. The molecule has 2 aromatic rings. The first-order valence-electron chi connectivity index (χ1n) is 8.88. The molecule has 8 heteroatoms. The lowest BCUT2D eigenvalue weighted by atomic mass is 10.2. The largest absolute Gasteiger partial charge is 0.490 e. The van der Waals surface area contributed by atoms with Crippen molar-refractivity contribution in [1.82, 2.24) is 4.90 Å². The van der Waals surface area contributed by atoms with Crippen LogP contribution in [0.4, 0.5) is 5.69 Å². The van der Waals surface area contributed by atoms with E-state index in [4.69, 9.17) is 25.5 Å². The molecular formula is C19H19ClN2O5. The van der Waals surface area contributed by atoms with E-state index in [2.05, 4.69) is 5.32 Å². The number of amides is 2. The average molecular weight is 391 g/mol. The van der Waals surface area contributed by atoms with Gasteiger partial charge < -0.3 is 24.1 Å². The van der Waals surface area contributed by atoms with Gasteiger partial charge in [-0.1, -0.05) is 11.6 Å². The Morgan fingerprint density at radius 3 is 2.67 bits per heavy atom. The van der Waals surface area contributed by atoms with Gasteiger partial charge in [-0.25, -0.2) is 0 Å². The number of fused-ring (bicyclic) bond motifs is 1. The van der Waals surface area contributed by atoms with E-state index in [-0.39, 0.29) is 17.6 Å². The number of halogens is 1. The van der Waals surface area contributed by atoms with E-state index in [1.807, 2.05) is 0 Å². The van der Waals surface area contributed by atoms with Crippen LogP contribution in [-0.4, -0.2) is 42.5 Å². The first kappa shape index (κ1) is 17.7. The van der Waals surface area contributed by atoms with E-state index in [1.165, 1.54) is 11.2 Å². The third-order valence-electron chi connectivity index (χ3n) is 4.64. The fourth-order valence-electron chi connectivity index (χ4n) is 3.32. The van der Waals surface area contributed by atoms with Gasteiger partial charge in [0.15, 0.2) is 17.3 Å². The SMILES string of the molecule is O=C(Nc1cc2c(cc1Cl)OCCCO2)C1CCCN1C(=O)c1ccco1. The molecule has 142 valence electrons. The number of hydrogen-bond acceptors (Lipinski definition) is 5. The molecule has 27 heavy (non-hydrogen) atoms. The van der Waals surface area contributed by atoms with Gasteiger partial charge in [-0.05, 0) is 25.0 Å². The molecule has 1 unspecified atom stereocenters. The van der Waals surface area contributed by atoms with Gasteiger partial charge in [-0.3, -0.25) is 9.59 Å². The number of anilines is 1. The molecular weight excluding hydrogens is 372 g/mol. The predicted octanol–water partition coefficient (Wildman–Crippen LogP) is 3.34. The van der Waals surface area contributed by atoms with Crippen molar-refractivity contribution < 1.29 is 23.5 Å².